The normalized spacial score (nSPS) is 11.4. The number of aromatic nitrogens is 6. The SMILES string of the molecule is CCc1nc(-n2ccc3nc4ccn(-c5ccc(Cl)cc5)c(=O)c4cc3c2=O)n[nH]1. The van der Waals surface area contributed by atoms with Crippen LogP contribution in [0.5, 0.6) is 0 Å². The summed E-state index contributed by atoms with van der Waals surface area (Å²) >= 11 is 5.95. The predicted octanol–water partition coefficient (Wildman–Crippen LogP) is 3.02. The molecular formula is C21H15ClN6O2. The molecule has 148 valence electrons. The molecule has 0 spiro atoms. The lowest BCUT2D eigenvalue weighted by atomic mass is 10.2. The highest BCUT2D eigenvalue weighted by Gasteiger charge is 2.13. The topological polar surface area (TPSA) is 98.5 Å². The van der Waals surface area contributed by atoms with Gasteiger partial charge in [0.1, 0.15) is 5.82 Å². The van der Waals surface area contributed by atoms with Crippen LogP contribution in [0.3, 0.4) is 0 Å². The number of halogens is 1. The van der Waals surface area contributed by atoms with Gasteiger partial charge in [0.25, 0.3) is 17.1 Å². The van der Waals surface area contributed by atoms with Crippen LogP contribution >= 0.6 is 11.6 Å². The molecule has 4 heterocycles. The van der Waals surface area contributed by atoms with Crippen LogP contribution < -0.4 is 11.1 Å². The lowest BCUT2D eigenvalue weighted by Crippen LogP contribution is -2.21. The summed E-state index contributed by atoms with van der Waals surface area (Å²) in [5, 5.41) is 8.14. The summed E-state index contributed by atoms with van der Waals surface area (Å²) in [7, 11) is 0. The van der Waals surface area contributed by atoms with E-state index in [1.54, 1.807) is 54.9 Å². The summed E-state index contributed by atoms with van der Waals surface area (Å²) in [4.78, 5) is 35.0. The molecule has 30 heavy (non-hydrogen) atoms. The summed E-state index contributed by atoms with van der Waals surface area (Å²) in [5.41, 5.74) is 1.07. The van der Waals surface area contributed by atoms with E-state index in [1.165, 1.54) is 9.13 Å². The Morgan fingerprint density at radius 3 is 2.17 bits per heavy atom. The highest BCUT2D eigenvalue weighted by atomic mass is 35.5. The maximum atomic E-state index is 13.1. The number of rotatable bonds is 3. The van der Waals surface area contributed by atoms with E-state index in [9.17, 15) is 9.59 Å². The van der Waals surface area contributed by atoms with E-state index in [4.69, 9.17) is 11.6 Å². The number of hydrogen-bond donors (Lipinski definition) is 1. The smallest absolute Gasteiger partial charge is 0.267 e. The third-order valence-corrected chi connectivity index (χ3v) is 5.17. The summed E-state index contributed by atoms with van der Waals surface area (Å²) in [5.74, 6) is 0.935. The van der Waals surface area contributed by atoms with Crippen molar-refractivity contribution in [2.24, 2.45) is 0 Å². The minimum atomic E-state index is -0.343. The van der Waals surface area contributed by atoms with Gasteiger partial charge in [-0.15, -0.1) is 5.10 Å². The van der Waals surface area contributed by atoms with Crippen molar-refractivity contribution in [1.82, 2.24) is 29.3 Å². The second-order valence-electron chi connectivity index (χ2n) is 6.75. The third kappa shape index (κ3) is 2.89. The van der Waals surface area contributed by atoms with E-state index < -0.39 is 0 Å². The first kappa shape index (κ1) is 18.3. The zero-order chi connectivity index (χ0) is 20.8. The Hall–Kier alpha value is -3.78. The van der Waals surface area contributed by atoms with E-state index >= 15 is 0 Å². The van der Waals surface area contributed by atoms with Crippen molar-refractivity contribution < 1.29 is 0 Å². The third-order valence-electron chi connectivity index (χ3n) is 4.92. The molecule has 0 unspecified atom stereocenters. The van der Waals surface area contributed by atoms with E-state index in [2.05, 4.69) is 20.2 Å². The number of nitrogens with zero attached hydrogens (tertiary/aromatic N) is 5. The Balaban J connectivity index is 1.74. The van der Waals surface area contributed by atoms with Crippen LogP contribution in [0.4, 0.5) is 0 Å². The molecule has 1 N–H and O–H groups in total. The van der Waals surface area contributed by atoms with Gasteiger partial charge >= 0.3 is 0 Å². The zero-order valence-corrected chi connectivity index (χ0v) is 16.6. The first-order valence-corrected chi connectivity index (χ1v) is 9.68. The first-order valence-electron chi connectivity index (χ1n) is 9.30. The second-order valence-corrected chi connectivity index (χ2v) is 7.18. The van der Waals surface area contributed by atoms with Crippen molar-refractivity contribution in [3.63, 3.8) is 0 Å². The van der Waals surface area contributed by atoms with Crippen molar-refractivity contribution >= 4 is 33.4 Å². The fourth-order valence-corrected chi connectivity index (χ4v) is 3.46. The molecule has 0 aliphatic heterocycles. The molecule has 8 nitrogen and oxygen atoms in total. The Morgan fingerprint density at radius 1 is 0.900 bits per heavy atom. The maximum absolute atomic E-state index is 13.1. The van der Waals surface area contributed by atoms with Crippen molar-refractivity contribution in [3.05, 3.63) is 86.4 Å². The molecule has 0 saturated carbocycles. The van der Waals surface area contributed by atoms with E-state index in [1.807, 2.05) is 6.92 Å². The average molecular weight is 419 g/mol. The molecule has 0 atom stereocenters. The number of aromatic amines is 1. The molecule has 5 aromatic rings. The maximum Gasteiger partial charge on any atom is 0.267 e. The van der Waals surface area contributed by atoms with E-state index in [0.717, 1.165) is 0 Å². The quantitative estimate of drug-likeness (QED) is 0.454. The molecule has 0 aliphatic rings. The fourth-order valence-electron chi connectivity index (χ4n) is 3.34. The highest BCUT2D eigenvalue weighted by Crippen LogP contribution is 2.17. The molecule has 4 aromatic heterocycles. The largest absolute Gasteiger partial charge is 0.284 e. The van der Waals surface area contributed by atoms with Gasteiger partial charge in [0, 0.05) is 29.5 Å². The Kier molecular flexibility index (Phi) is 4.22. The minimum Gasteiger partial charge on any atom is -0.284 e. The summed E-state index contributed by atoms with van der Waals surface area (Å²) in [6, 6.07) is 12.0. The minimum absolute atomic E-state index is 0.255. The molecule has 0 saturated heterocycles. The van der Waals surface area contributed by atoms with Crippen LogP contribution in [0.25, 0.3) is 33.4 Å². The summed E-state index contributed by atoms with van der Waals surface area (Å²) < 4.78 is 2.84. The lowest BCUT2D eigenvalue weighted by molar-refractivity contribution is 0.901. The van der Waals surface area contributed by atoms with E-state index in [-0.39, 0.29) is 17.1 Å². The number of fused-ring (bicyclic) bond motifs is 2. The van der Waals surface area contributed by atoms with Crippen molar-refractivity contribution in [2.75, 3.05) is 0 Å². The molecule has 0 fully saturated rings. The first-order chi connectivity index (χ1) is 14.5. The van der Waals surface area contributed by atoms with Gasteiger partial charge in [0.2, 0.25) is 0 Å². The Bertz CT molecular complexity index is 1530. The molecule has 0 bridgehead atoms. The number of pyridine rings is 3. The van der Waals surface area contributed by atoms with Crippen molar-refractivity contribution in [3.8, 4) is 11.6 Å². The predicted molar refractivity (Wildman–Crippen MR) is 115 cm³/mol. The van der Waals surface area contributed by atoms with Gasteiger partial charge in [-0.05, 0) is 42.5 Å². The number of nitrogens with one attached hydrogen (secondary N) is 1. The van der Waals surface area contributed by atoms with Gasteiger partial charge in [-0.2, -0.15) is 4.98 Å². The monoisotopic (exact) mass is 418 g/mol. The average Bonchev–Trinajstić information content (AvgIpc) is 3.23. The summed E-state index contributed by atoms with van der Waals surface area (Å²) in [6.45, 7) is 1.94. The second kappa shape index (κ2) is 6.93. The lowest BCUT2D eigenvalue weighted by Gasteiger charge is -2.08. The molecule has 9 heteroatoms. The van der Waals surface area contributed by atoms with E-state index in [0.29, 0.717) is 44.8 Å². The van der Waals surface area contributed by atoms with Crippen molar-refractivity contribution in [2.45, 2.75) is 13.3 Å². The summed E-state index contributed by atoms with van der Waals surface area (Å²) in [6.07, 6.45) is 3.92. The van der Waals surface area contributed by atoms with Gasteiger partial charge in [-0.25, -0.2) is 9.55 Å². The molecule has 0 aliphatic carbocycles. The van der Waals surface area contributed by atoms with Crippen LogP contribution in [-0.2, 0) is 6.42 Å². The number of hydrogen-bond acceptors (Lipinski definition) is 5. The molecular weight excluding hydrogens is 404 g/mol. The number of H-pyrrole nitrogens is 1. The molecule has 0 amide bonds. The standard InChI is InChI=1S/C21H15ClN6O2/c1-2-18-24-21(26-25-18)28-10-8-17-15(20(28)30)11-14-16(23-17)7-9-27(19(14)29)13-5-3-12(22)4-6-13/h3-11H,2H2,1H3,(H,24,25,26). The molecule has 1 aromatic carbocycles. The van der Waals surface area contributed by atoms with Crippen molar-refractivity contribution in [1.29, 1.82) is 0 Å². The fraction of sp³-hybridized carbons (Fsp3) is 0.0952. The molecule has 0 radical (unpaired) electrons. The van der Waals surface area contributed by atoms with Crippen LogP contribution in [0.15, 0.2) is 64.4 Å². The van der Waals surface area contributed by atoms with Gasteiger partial charge < -0.3 is 0 Å². The van der Waals surface area contributed by atoms with Gasteiger partial charge in [-0.1, -0.05) is 18.5 Å². The Labute approximate surface area is 174 Å². The zero-order valence-electron chi connectivity index (χ0n) is 15.8. The van der Waals surface area contributed by atoms with Gasteiger partial charge in [-0.3, -0.25) is 19.3 Å². The highest BCUT2D eigenvalue weighted by molar-refractivity contribution is 6.30. The van der Waals surface area contributed by atoms with Crippen LogP contribution in [0, 0.1) is 0 Å². The number of benzene rings is 1. The van der Waals surface area contributed by atoms with Gasteiger partial charge in [0.15, 0.2) is 0 Å². The molecule has 5 rings (SSSR count). The van der Waals surface area contributed by atoms with Crippen LogP contribution in [0.2, 0.25) is 5.02 Å². The Morgan fingerprint density at radius 2 is 1.53 bits per heavy atom. The van der Waals surface area contributed by atoms with Crippen LogP contribution in [-0.4, -0.2) is 29.3 Å². The van der Waals surface area contributed by atoms with Crippen LogP contribution in [0.1, 0.15) is 12.7 Å². The van der Waals surface area contributed by atoms with Gasteiger partial charge in [0.05, 0.1) is 21.8 Å². The number of aryl methyl sites for hydroxylation is 1.